The Morgan fingerprint density at radius 1 is 1.36 bits per heavy atom. The molecule has 0 spiro atoms. The normalized spacial score (nSPS) is 10.7. The SMILES string of the molecule is O=[N+]([O-])c1c(I)sc2c(I)cccc12. The van der Waals surface area contributed by atoms with Crippen LogP contribution in [0.25, 0.3) is 10.1 Å². The van der Waals surface area contributed by atoms with Gasteiger partial charge in [-0.05, 0) is 57.3 Å². The van der Waals surface area contributed by atoms with E-state index in [1.165, 1.54) is 11.3 Å². The molecule has 0 aliphatic rings. The number of rotatable bonds is 1. The third-order valence-corrected chi connectivity index (χ3v) is 5.24. The van der Waals surface area contributed by atoms with Gasteiger partial charge in [-0.1, -0.05) is 6.07 Å². The second kappa shape index (κ2) is 3.89. The summed E-state index contributed by atoms with van der Waals surface area (Å²) in [4.78, 5) is 10.5. The molecular formula is C8H3I2NO2S. The summed E-state index contributed by atoms with van der Waals surface area (Å²) in [6.45, 7) is 0. The fourth-order valence-corrected chi connectivity index (χ4v) is 4.09. The molecule has 0 amide bonds. The number of benzene rings is 1. The summed E-state index contributed by atoms with van der Waals surface area (Å²) in [5, 5.41) is 11.6. The van der Waals surface area contributed by atoms with Gasteiger partial charge in [-0.25, -0.2) is 0 Å². The first-order valence-corrected chi connectivity index (χ1v) is 6.59. The highest BCUT2D eigenvalue weighted by Crippen LogP contribution is 2.39. The molecule has 72 valence electrons. The van der Waals surface area contributed by atoms with Crippen molar-refractivity contribution in [2.24, 2.45) is 0 Å². The van der Waals surface area contributed by atoms with Gasteiger partial charge < -0.3 is 0 Å². The van der Waals surface area contributed by atoms with E-state index in [0.29, 0.717) is 0 Å². The zero-order chi connectivity index (χ0) is 10.3. The fourth-order valence-electron chi connectivity index (χ4n) is 1.21. The Kier molecular flexibility index (Phi) is 2.93. The minimum atomic E-state index is -0.309. The van der Waals surface area contributed by atoms with Crippen LogP contribution in [0.5, 0.6) is 0 Å². The first-order chi connectivity index (χ1) is 6.61. The summed E-state index contributed by atoms with van der Waals surface area (Å²) in [5.41, 5.74) is 0.240. The van der Waals surface area contributed by atoms with E-state index in [-0.39, 0.29) is 10.6 Å². The van der Waals surface area contributed by atoms with Crippen LogP contribution < -0.4 is 0 Å². The number of fused-ring (bicyclic) bond motifs is 1. The molecule has 3 nitrogen and oxygen atoms in total. The molecule has 0 unspecified atom stereocenters. The lowest BCUT2D eigenvalue weighted by Crippen LogP contribution is -1.87. The molecular weight excluding hydrogens is 428 g/mol. The molecule has 0 saturated heterocycles. The summed E-state index contributed by atoms with van der Waals surface area (Å²) < 4.78 is 2.81. The highest BCUT2D eigenvalue weighted by Gasteiger charge is 2.21. The smallest absolute Gasteiger partial charge is 0.258 e. The van der Waals surface area contributed by atoms with Crippen molar-refractivity contribution < 1.29 is 4.92 Å². The maximum Gasteiger partial charge on any atom is 0.301 e. The zero-order valence-electron chi connectivity index (χ0n) is 6.66. The molecule has 0 saturated carbocycles. The Labute approximate surface area is 111 Å². The van der Waals surface area contributed by atoms with Gasteiger partial charge in [0, 0.05) is 3.57 Å². The first kappa shape index (κ1) is 10.6. The molecule has 1 aromatic carbocycles. The largest absolute Gasteiger partial charge is 0.301 e. The summed E-state index contributed by atoms with van der Waals surface area (Å²) in [7, 11) is 0. The van der Waals surface area contributed by atoms with Crippen LogP contribution in [0.1, 0.15) is 0 Å². The van der Waals surface area contributed by atoms with E-state index in [9.17, 15) is 10.1 Å². The van der Waals surface area contributed by atoms with E-state index in [1.807, 2.05) is 34.7 Å². The molecule has 0 atom stereocenters. The average Bonchev–Trinajstić information content (AvgIpc) is 2.42. The van der Waals surface area contributed by atoms with Gasteiger partial charge in [0.2, 0.25) is 0 Å². The van der Waals surface area contributed by atoms with Crippen molar-refractivity contribution in [1.29, 1.82) is 0 Å². The number of thiophene rings is 1. The van der Waals surface area contributed by atoms with Gasteiger partial charge >= 0.3 is 5.69 Å². The number of hydrogen-bond acceptors (Lipinski definition) is 3. The zero-order valence-corrected chi connectivity index (χ0v) is 11.8. The number of nitrogens with zero attached hydrogens (tertiary/aromatic N) is 1. The van der Waals surface area contributed by atoms with Crippen molar-refractivity contribution in [2.75, 3.05) is 0 Å². The van der Waals surface area contributed by atoms with Gasteiger partial charge in [0.05, 0.1) is 15.0 Å². The van der Waals surface area contributed by atoms with Crippen LogP contribution in [0.15, 0.2) is 18.2 Å². The van der Waals surface area contributed by atoms with Crippen LogP contribution in [0, 0.1) is 16.6 Å². The molecule has 0 radical (unpaired) electrons. The number of hydrogen-bond donors (Lipinski definition) is 0. The van der Waals surface area contributed by atoms with E-state index < -0.39 is 0 Å². The van der Waals surface area contributed by atoms with Crippen molar-refractivity contribution in [1.82, 2.24) is 0 Å². The maximum absolute atomic E-state index is 10.8. The molecule has 2 rings (SSSR count). The van der Waals surface area contributed by atoms with Crippen LogP contribution in [0.2, 0.25) is 0 Å². The van der Waals surface area contributed by atoms with Crippen LogP contribution in [0.4, 0.5) is 5.69 Å². The van der Waals surface area contributed by atoms with Gasteiger partial charge in [0.25, 0.3) is 0 Å². The highest BCUT2D eigenvalue weighted by molar-refractivity contribution is 14.1. The van der Waals surface area contributed by atoms with Crippen molar-refractivity contribution >= 4 is 72.3 Å². The van der Waals surface area contributed by atoms with E-state index in [2.05, 4.69) is 22.6 Å². The van der Waals surface area contributed by atoms with Gasteiger partial charge in [-0.2, -0.15) is 0 Å². The Morgan fingerprint density at radius 3 is 2.71 bits per heavy atom. The van der Waals surface area contributed by atoms with E-state index in [4.69, 9.17) is 0 Å². The minimum absolute atomic E-state index is 0.240. The maximum atomic E-state index is 10.8. The van der Waals surface area contributed by atoms with Crippen molar-refractivity contribution in [3.05, 3.63) is 34.8 Å². The van der Waals surface area contributed by atoms with E-state index in [1.54, 1.807) is 6.07 Å². The molecule has 0 N–H and O–H groups in total. The Morgan fingerprint density at radius 2 is 2.07 bits per heavy atom. The number of halogens is 2. The minimum Gasteiger partial charge on any atom is -0.258 e. The van der Waals surface area contributed by atoms with Gasteiger partial charge in [0.15, 0.2) is 0 Å². The second-order valence-electron chi connectivity index (χ2n) is 2.60. The van der Waals surface area contributed by atoms with Crippen molar-refractivity contribution in [2.45, 2.75) is 0 Å². The molecule has 0 bridgehead atoms. The fraction of sp³-hybridized carbons (Fsp3) is 0. The van der Waals surface area contributed by atoms with Gasteiger partial charge in [-0.3, -0.25) is 10.1 Å². The highest BCUT2D eigenvalue weighted by atomic mass is 127. The third kappa shape index (κ3) is 1.63. The Balaban J connectivity index is 2.90. The Bertz CT molecular complexity index is 523. The molecule has 1 aromatic heterocycles. The van der Waals surface area contributed by atoms with Crippen LogP contribution in [0.3, 0.4) is 0 Å². The molecule has 0 aliphatic carbocycles. The predicted molar refractivity (Wildman–Crippen MR) is 73.9 cm³/mol. The number of nitro groups is 1. The molecule has 14 heavy (non-hydrogen) atoms. The standard InChI is InChI=1S/C8H3I2NO2S/c9-5-3-1-2-4-6(11(12)13)8(10)14-7(4)5/h1-3H. The quantitative estimate of drug-likeness (QED) is 0.389. The molecule has 1 heterocycles. The average molecular weight is 431 g/mol. The van der Waals surface area contributed by atoms with E-state index >= 15 is 0 Å². The summed E-state index contributed by atoms with van der Waals surface area (Å²) in [5.74, 6) is 0. The summed E-state index contributed by atoms with van der Waals surface area (Å²) >= 11 is 5.69. The van der Waals surface area contributed by atoms with E-state index in [0.717, 1.165) is 16.5 Å². The lowest BCUT2D eigenvalue weighted by molar-refractivity contribution is -0.383. The first-order valence-electron chi connectivity index (χ1n) is 3.62. The van der Waals surface area contributed by atoms with Gasteiger partial charge in [0.1, 0.15) is 2.88 Å². The molecule has 2 aromatic rings. The lowest BCUT2D eigenvalue weighted by Gasteiger charge is -1.91. The van der Waals surface area contributed by atoms with Crippen molar-refractivity contribution in [3.63, 3.8) is 0 Å². The third-order valence-electron chi connectivity index (χ3n) is 1.78. The summed E-state index contributed by atoms with van der Waals surface area (Å²) in [6, 6.07) is 5.60. The predicted octanol–water partition coefficient (Wildman–Crippen LogP) is 4.02. The van der Waals surface area contributed by atoms with Gasteiger partial charge in [-0.15, -0.1) is 11.3 Å². The van der Waals surface area contributed by atoms with Crippen LogP contribution >= 0.6 is 56.5 Å². The Hall–Kier alpha value is 0.0400. The molecule has 0 fully saturated rings. The topological polar surface area (TPSA) is 43.1 Å². The second-order valence-corrected chi connectivity index (χ2v) is 6.59. The molecule has 0 aliphatic heterocycles. The monoisotopic (exact) mass is 431 g/mol. The van der Waals surface area contributed by atoms with Crippen LogP contribution in [-0.2, 0) is 0 Å². The van der Waals surface area contributed by atoms with Crippen LogP contribution in [-0.4, -0.2) is 4.92 Å². The molecule has 6 heteroatoms. The summed E-state index contributed by atoms with van der Waals surface area (Å²) in [6.07, 6.45) is 0. The van der Waals surface area contributed by atoms with Crippen molar-refractivity contribution in [3.8, 4) is 0 Å². The lowest BCUT2D eigenvalue weighted by atomic mass is 10.2.